The highest BCUT2D eigenvalue weighted by molar-refractivity contribution is 14.1. The summed E-state index contributed by atoms with van der Waals surface area (Å²) in [6, 6.07) is 8.44. The molecule has 2 aromatic carbocycles. The maximum Gasteiger partial charge on any atom is 0.257 e. The molecule has 0 saturated carbocycles. The minimum absolute atomic E-state index is 0.387. The summed E-state index contributed by atoms with van der Waals surface area (Å²) >= 11 is 1.98. The minimum atomic E-state index is -1.65. The van der Waals surface area contributed by atoms with Crippen molar-refractivity contribution < 1.29 is 22.8 Å². The van der Waals surface area contributed by atoms with Crippen LogP contribution in [0.25, 0.3) is 0 Å². The number of amides is 2. The van der Waals surface area contributed by atoms with E-state index in [2.05, 4.69) is 16.2 Å². The second kappa shape index (κ2) is 7.99. The van der Waals surface area contributed by atoms with Gasteiger partial charge < -0.3 is 5.32 Å². The number of halogens is 4. The molecule has 24 heavy (non-hydrogen) atoms. The molecule has 9 heteroatoms. The van der Waals surface area contributed by atoms with E-state index in [1.54, 1.807) is 24.3 Å². The lowest BCUT2D eigenvalue weighted by atomic mass is 10.2. The van der Waals surface area contributed by atoms with E-state index in [0.717, 1.165) is 9.64 Å². The molecule has 0 aliphatic rings. The third kappa shape index (κ3) is 4.37. The van der Waals surface area contributed by atoms with Gasteiger partial charge in [0.2, 0.25) is 0 Å². The van der Waals surface area contributed by atoms with Crippen molar-refractivity contribution in [1.29, 1.82) is 0 Å². The summed E-state index contributed by atoms with van der Waals surface area (Å²) < 4.78 is 39.9. The highest BCUT2D eigenvalue weighted by atomic mass is 127. The third-order valence-corrected chi connectivity index (χ3v) is 3.84. The highest BCUT2D eigenvalue weighted by Crippen LogP contribution is 2.18. The molecule has 2 rings (SSSR count). The van der Waals surface area contributed by atoms with Gasteiger partial charge in [-0.3, -0.25) is 20.4 Å². The summed E-state index contributed by atoms with van der Waals surface area (Å²) in [6.07, 6.45) is 0. The molecule has 0 fully saturated rings. The Morgan fingerprint density at radius 1 is 1.00 bits per heavy atom. The lowest BCUT2D eigenvalue weighted by Crippen LogP contribution is -2.39. The topological polar surface area (TPSA) is 70.2 Å². The van der Waals surface area contributed by atoms with Crippen molar-refractivity contribution in [3.8, 4) is 0 Å². The standard InChI is InChI=1S/C15H11F3IN3O2/c16-9-5-6-11(14(18)13(9)17)21-22-12(23)7-20-15(24)8-3-1-2-4-10(8)19/h1-6,21H,7H2,(H,20,24)(H,22,23). The van der Waals surface area contributed by atoms with Crippen molar-refractivity contribution in [2.75, 3.05) is 12.0 Å². The van der Waals surface area contributed by atoms with Gasteiger partial charge in [-0.05, 0) is 46.9 Å². The van der Waals surface area contributed by atoms with E-state index < -0.39 is 35.0 Å². The Bertz CT molecular complexity index is 787. The van der Waals surface area contributed by atoms with Crippen LogP contribution in [0, 0.1) is 21.0 Å². The lowest BCUT2D eigenvalue weighted by molar-refractivity contribution is -0.119. The zero-order chi connectivity index (χ0) is 17.7. The first-order valence-corrected chi connectivity index (χ1v) is 7.69. The van der Waals surface area contributed by atoms with Gasteiger partial charge in [-0.25, -0.2) is 13.2 Å². The average molecular weight is 449 g/mol. The van der Waals surface area contributed by atoms with Crippen LogP contribution in [-0.2, 0) is 4.79 Å². The van der Waals surface area contributed by atoms with E-state index in [1.165, 1.54) is 0 Å². The van der Waals surface area contributed by atoms with Crippen LogP contribution < -0.4 is 16.2 Å². The van der Waals surface area contributed by atoms with Gasteiger partial charge in [0.25, 0.3) is 11.8 Å². The first-order chi connectivity index (χ1) is 11.4. The number of carbonyl (C=O) groups is 2. The van der Waals surface area contributed by atoms with Crippen molar-refractivity contribution in [3.05, 3.63) is 63.0 Å². The SMILES string of the molecule is O=C(CNC(=O)c1ccccc1I)NNc1ccc(F)c(F)c1F. The third-order valence-electron chi connectivity index (χ3n) is 2.90. The smallest absolute Gasteiger partial charge is 0.257 e. The molecule has 126 valence electrons. The van der Waals surface area contributed by atoms with Gasteiger partial charge in [0, 0.05) is 3.57 Å². The van der Waals surface area contributed by atoms with Crippen LogP contribution in [0.1, 0.15) is 10.4 Å². The van der Waals surface area contributed by atoms with E-state index in [9.17, 15) is 22.8 Å². The number of rotatable bonds is 5. The van der Waals surface area contributed by atoms with Crippen LogP contribution in [0.5, 0.6) is 0 Å². The average Bonchev–Trinajstić information content (AvgIpc) is 2.57. The maximum absolute atomic E-state index is 13.4. The summed E-state index contributed by atoms with van der Waals surface area (Å²) in [6.45, 7) is -0.387. The highest BCUT2D eigenvalue weighted by Gasteiger charge is 2.14. The van der Waals surface area contributed by atoms with Crippen molar-refractivity contribution >= 4 is 40.1 Å². The van der Waals surface area contributed by atoms with Crippen LogP contribution >= 0.6 is 22.6 Å². The molecule has 3 N–H and O–H groups in total. The molecule has 0 bridgehead atoms. The minimum Gasteiger partial charge on any atom is -0.343 e. The Hall–Kier alpha value is -2.30. The molecule has 0 aromatic heterocycles. The molecule has 0 atom stereocenters. The van der Waals surface area contributed by atoms with Gasteiger partial charge in [0.1, 0.15) is 0 Å². The van der Waals surface area contributed by atoms with Crippen LogP contribution in [0.15, 0.2) is 36.4 Å². The monoisotopic (exact) mass is 449 g/mol. The summed E-state index contributed by atoms with van der Waals surface area (Å²) in [7, 11) is 0. The van der Waals surface area contributed by atoms with E-state index >= 15 is 0 Å². The largest absolute Gasteiger partial charge is 0.343 e. The fraction of sp³-hybridized carbons (Fsp3) is 0.0667. The lowest BCUT2D eigenvalue weighted by Gasteiger charge is -2.11. The normalized spacial score (nSPS) is 10.2. The fourth-order valence-electron chi connectivity index (χ4n) is 1.70. The zero-order valence-electron chi connectivity index (χ0n) is 12.0. The number of anilines is 1. The summed E-state index contributed by atoms with van der Waals surface area (Å²) in [5.41, 5.74) is 4.16. The van der Waals surface area contributed by atoms with Gasteiger partial charge in [-0.15, -0.1) is 0 Å². The van der Waals surface area contributed by atoms with E-state index in [-0.39, 0.29) is 6.54 Å². The molecular weight excluding hydrogens is 438 g/mol. The van der Waals surface area contributed by atoms with Crippen molar-refractivity contribution in [3.63, 3.8) is 0 Å². The number of carbonyl (C=O) groups excluding carboxylic acids is 2. The van der Waals surface area contributed by atoms with Crippen molar-refractivity contribution in [2.24, 2.45) is 0 Å². The first kappa shape index (κ1) is 18.0. The van der Waals surface area contributed by atoms with Gasteiger partial charge >= 0.3 is 0 Å². The molecule has 0 spiro atoms. The summed E-state index contributed by atoms with van der Waals surface area (Å²) in [5.74, 6) is -5.60. The molecule has 0 heterocycles. The first-order valence-electron chi connectivity index (χ1n) is 6.61. The van der Waals surface area contributed by atoms with Crippen LogP contribution in [0.3, 0.4) is 0 Å². The predicted molar refractivity (Wildman–Crippen MR) is 89.6 cm³/mol. The molecule has 0 unspecified atom stereocenters. The molecule has 0 aliphatic heterocycles. The van der Waals surface area contributed by atoms with E-state index in [4.69, 9.17) is 0 Å². The van der Waals surface area contributed by atoms with Gasteiger partial charge in [0.05, 0.1) is 17.8 Å². The second-order valence-corrected chi connectivity index (χ2v) is 5.72. The number of benzene rings is 2. The number of hydrazine groups is 1. The van der Waals surface area contributed by atoms with Crippen LogP contribution in [-0.4, -0.2) is 18.4 Å². The molecular formula is C15H11F3IN3O2. The predicted octanol–water partition coefficient (Wildman–Crippen LogP) is 2.58. The molecule has 2 aromatic rings. The molecule has 0 radical (unpaired) electrons. The fourth-order valence-corrected chi connectivity index (χ4v) is 2.34. The molecule has 0 saturated heterocycles. The quantitative estimate of drug-likeness (QED) is 0.374. The zero-order valence-corrected chi connectivity index (χ0v) is 14.2. The van der Waals surface area contributed by atoms with E-state index in [0.29, 0.717) is 11.6 Å². The van der Waals surface area contributed by atoms with Gasteiger partial charge in [0.15, 0.2) is 17.5 Å². The van der Waals surface area contributed by atoms with Gasteiger partial charge in [-0.2, -0.15) is 0 Å². The van der Waals surface area contributed by atoms with Gasteiger partial charge in [-0.1, -0.05) is 12.1 Å². The number of hydrogen-bond acceptors (Lipinski definition) is 3. The Kier molecular flexibility index (Phi) is 6.01. The van der Waals surface area contributed by atoms with Crippen molar-refractivity contribution in [1.82, 2.24) is 10.7 Å². The number of nitrogens with one attached hydrogen (secondary N) is 3. The molecule has 2 amide bonds. The maximum atomic E-state index is 13.4. The Morgan fingerprint density at radius 3 is 2.42 bits per heavy atom. The van der Waals surface area contributed by atoms with Crippen molar-refractivity contribution in [2.45, 2.75) is 0 Å². The summed E-state index contributed by atoms with van der Waals surface area (Å²) in [5, 5.41) is 2.39. The summed E-state index contributed by atoms with van der Waals surface area (Å²) in [4.78, 5) is 23.5. The Morgan fingerprint density at radius 2 is 1.71 bits per heavy atom. The van der Waals surface area contributed by atoms with E-state index in [1.807, 2.05) is 22.6 Å². The van der Waals surface area contributed by atoms with Crippen LogP contribution in [0.2, 0.25) is 0 Å². The Balaban J connectivity index is 1.87. The number of hydrogen-bond donors (Lipinski definition) is 3. The van der Waals surface area contributed by atoms with Crippen LogP contribution in [0.4, 0.5) is 18.9 Å². The molecule has 5 nitrogen and oxygen atoms in total. The Labute approximate surface area is 148 Å². The second-order valence-electron chi connectivity index (χ2n) is 4.56. The molecule has 0 aliphatic carbocycles.